The second-order valence-corrected chi connectivity index (χ2v) is 7.13. The van der Waals surface area contributed by atoms with Crippen LogP contribution < -0.4 is 4.72 Å². The highest BCUT2D eigenvalue weighted by molar-refractivity contribution is 7.89. The molecule has 0 saturated carbocycles. The number of halogens is 3. The lowest BCUT2D eigenvalue weighted by Gasteiger charge is -2.09. The maximum Gasteiger partial charge on any atom is 0.416 e. The number of methoxy groups -OCH3 is 1. The Labute approximate surface area is 148 Å². The minimum Gasteiger partial charge on any atom is -0.465 e. The number of carbonyl (C=O) groups is 1. The number of nitrogens with one attached hydrogen (secondary N) is 1. The summed E-state index contributed by atoms with van der Waals surface area (Å²) in [4.78, 5) is 11.4. The first-order valence-corrected chi connectivity index (χ1v) is 8.96. The van der Waals surface area contributed by atoms with Crippen molar-refractivity contribution in [3.8, 4) is 0 Å². The van der Waals surface area contributed by atoms with Gasteiger partial charge in [-0.05, 0) is 42.3 Å². The predicted molar refractivity (Wildman–Crippen MR) is 88.1 cm³/mol. The van der Waals surface area contributed by atoms with Gasteiger partial charge in [-0.15, -0.1) is 0 Å². The van der Waals surface area contributed by atoms with Crippen LogP contribution >= 0.6 is 0 Å². The summed E-state index contributed by atoms with van der Waals surface area (Å²) in [6.45, 7) is -0.00382. The molecule has 0 amide bonds. The molecule has 0 aromatic heterocycles. The normalized spacial score (nSPS) is 12.0. The highest BCUT2D eigenvalue weighted by Gasteiger charge is 2.29. The lowest BCUT2D eigenvalue weighted by atomic mass is 10.1. The monoisotopic (exact) mass is 387 g/mol. The summed E-state index contributed by atoms with van der Waals surface area (Å²) in [5.74, 6) is -0.660. The van der Waals surface area contributed by atoms with E-state index in [-0.39, 0.29) is 23.4 Å². The summed E-state index contributed by atoms with van der Waals surface area (Å²) in [6, 6.07) is 9.85. The molecule has 0 atom stereocenters. The van der Waals surface area contributed by atoms with Crippen molar-refractivity contribution >= 4 is 16.0 Å². The minimum absolute atomic E-state index is 0.00382. The second kappa shape index (κ2) is 7.88. The molecule has 5 nitrogen and oxygen atoms in total. The van der Waals surface area contributed by atoms with Crippen LogP contribution in [-0.2, 0) is 27.4 Å². The zero-order valence-electron chi connectivity index (χ0n) is 13.7. The molecule has 26 heavy (non-hydrogen) atoms. The molecule has 0 aliphatic rings. The van der Waals surface area contributed by atoms with Gasteiger partial charge in [0.05, 0.1) is 23.1 Å². The van der Waals surface area contributed by atoms with Crippen LogP contribution in [0.4, 0.5) is 13.2 Å². The smallest absolute Gasteiger partial charge is 0.416 e. The van der Waals surface area contributed by atoms with Crippen LogP contribution in [0.1, 0.15) is 21.5 Å². The van der Waals surface area contributed by atoms with Gasteiger partial charge in [-0.25, -0.2) is 17.9 Å². The molecule has 0 heterocycles. The highest BCUT2D eigenvalue weighted by Crippen LogP contribution is 2.29. The van der Waals surface area contributed by atoms with Crippen molar-refractivity contribution in [2.45, 2.75) is 17.5 Å². The molecular weight excluding hydrogens is 371 g/mol. The van der Waals surface area contributed by atoms with E-state index in [0.29, 0.717) is 5.56 Å². The molecule has 0 unspecified atom stereocenters. The van der Waals surface area contributed by atoms with E-state index in [9.17, 15) is 26.4 Å². The molecule has 2 aromatic carbocycles. The fourth-order valence-electron chi connectivity index (χ4n) is 2.18. The van der Waals surface area contributed by atoms with Gasteiger partial charge in [0.1, 0.15) is 0 Å². The number of alkyl halides is 3. The fraction of sp³-hybridized carbons (Fsp3) is 0.235. The number of esters is 1. The Hall–Kier alpha value is -2.39. The molecule has 1 N–H and O–H groups in total. The molecule has 2 aromatic rings. The summed E-state index contributed by atoms with van der Waals surface area (Å²) in [5.41, 5.74) is -0.108. The van der Waals surface area contributed by atoms with Gasteiger partial charge in [-0.3, -0.25) is 0 Å². The second-order valence-electron chi connectivity index (χ2n) is 5.36. The van der Waals surface area contributed by atoms with Crippen molar-refractivity contribution in [1.82, 2.24) is 4.72 Å². The largest absolute Gasteiger partial charge is 0.465 e. The van der Waals surface area contributed by atoms with Crippen LogP contribution in [0.2, 0.25) is 0 Å². The van der Waals surface area contributed by atoms with Gasteiger partial charge < -0.3 is 4.74 Å². The van der Waals surface area contributed by atoms with E-state index < -0.39 is 27.7 Å². The van der Waals surface area contributed by atoms with Crippen LogP contribution in [-0.4, -0.2) is 28.0 Å². The lowest BCUT2D eigenvalue weighted by Crippen LogP contribution is -2.26. The van der Waals surface area contributed by atoms with Gasteiger partial charge in [0.15, 0.2) is 0 Å². The van der Waals surface area contributed by atoms with E-state index in [1.54, 1.807) is 0 Å². The number of hydrogen-bond acceptors (Lipinski definition) is 4. The molecule has 9 heteroatoms. The minimum atomic E-state index is -4.41. The quantitative estimate of drug-likeness (QED) is 0.774. The number of hydrogen-bond donors (Lipinski definition) is 1. The third-order valence-corrected chi connectivity index (χ3v) is 5.01. The topological polar surface area (TPSA) is 72.5 Å². The van der Waals surface area contributed by atoms with Gasteiger partial charge in [0.25, 0.3) is 0 Å². The number of rotatable bonds is 6. The molecule has 0 radical (unpaired) electrons. The summed E-state index contributed by atoms with van der Waals surface area (Å²) < 4.78 is 68.9. The lowest BCUT2D eigenvalue weighted by molar-refractivity contribution is -0.137. The Kier molecular flexibility index (Phi) is 6.04. The molecule has 0 bridgehead atoms. The van der Waals surface area contributed by atoms with Crippen molar-refractivity contribution in [2.75, 3.05) is 13.7 Å². The first-order valence-electron chi connectivity index (χ1n) is 7.47. The van der Waals surface area contributed by atoms with Crippen molar-refractivity contribution in [1.29, 1.82) is 0 Å². The van der Waals surface area contributed by atoms with Crippen LogP contribution in [0.15, 0.2) is 53.4 Å². The molecule has 0 spiro atoms. The molecule has 0 fully saturated rings. The van der Waals surface area contributed by atoms with E-state index >= 15 is 0 Å². The molecule has 0 aliphatic heterocycles. The maximum absolute atomic E-state index is 12.5. The Bertz CT molecular complexity index is 878. The highest BCUT2D eigenvalue weighted by atomic mass is 32.2. The van der Waals surface area contributed by atoms with E-state index in [1.807, 2.05) is 0 Å². The third-order valence-electron chi connectivity index (χ3n) is 3.55. The predicted octanol–water partition coefficient (Wildman–Crippen LogP) is 3.01. The standard InChI is InChI=1S/C17H16F3NO4S/c1-25-16(22)13-3-2-4-15(11-13)26(23,24)21-10-9-12-5-7-14(8-6-12)17(18,19)20/h2-8,11,21H,9-10H2,1H3. The zero-order valence-corrected chi connectivity index (χ0v) is 14.5. The number of sulfonamides is 1. The van der Waals surface area contributed by atoms with Gasteiger partial charge in [-0.2, -0.15) is 13.2 Å². The molecular formula is C17H16F3NO4S. The number of benzene rings is 2. The van der Waals surface area contributed by atoms with Gasteiger partial charge >= 0.3 is 12.1 Å². The third kappa shape index (κ3) is 5.06. The fourth-order valence-corrected chi connectivity index (χ4v) is 3.26. The summed E-state index contributed by atoms with van der Waals surface area (Å²) in [6.07, 6.45) is -4.20. The van der Waals surface area contributed by atoms with Crippen molar-refractivity contribution in [3.05, 3.63) is 65.2 Å². The average molecular weight is 387 g/mol. The van der Waals surface area contributed by atoms with Crippen LogP contribution in [0.5, 0.6) is 0 Å². The van der Waals surface area contributed by atoms with E-state index in [0.717, 1.165) is 12.1 Å². The Morgan fingerprint density at radius 1 is 1.12 bits per heavy atom. The first kappa shape index (κ1) is 19.9. The van der Waals surface area contributed by atoms with Gasteiger partial charge in [0.2, 0.25) is 10.0 Å². The molecule has 0 saturated heterocycles. The molecule has 140 valence electrons. The summed E-state index contributed by atoms with van der Waals surface area (Å²) in [7, 11) is -2.68. The number of carbonyl (C=O) groups excluding carboxylic acids is 1. The Morgan fingerprint density at radius 2 is 1.77 bits per heavy atom. The maximum atomic E-state index is 12.5. The van der Waals surface area contributed by atoms with Crippen LogP contribution in [0.25, 0.3) is 0 Å². The molecule has 0 aliphatic carbocycles. The van der Waals surface area contributed by atoms with E-state index in [2.05, 4.69) is 9.46 Å². The Morgan fingerprint density at radius 3 is 2.35 bits per heavy atom. The van der Waals surface area contributed by atoms with E-state index in [1.165, 1.54) is 43.5 Å². The summed E-state index contributed by atoms with van der Waals surface area (Å²) >= 11 is 0. The van der Waals surface area contributed by atoms with Crippen molar-refractivity contribution < 1.29 is 31.1 Å². The molecule has 2 rings (SSSR count). The van der Waals surface area contributed by atoms with Gasteiger partial charge in [-0.1, -0.05) is 18.2 Å². The van der Waals surface area contributed by atoms with Crippen LogP contribution in [0.3, 0.4) is 0 Å². The average Bonchev–Trinajstić information content (AvgIpc) is 2.60. The Balaban J connectivity index is 2.01. The van der Waals surface area contributed by atoms with E-state index in [4.69, 9.17) is 0 Å². The van der Waals surface area contributed by atoms with Gasteiger partial charge in [0, 0.05) is 6.54 Å². The van der Waals surface area contributed by atoms with Crippen molar-refractivity contribution in [3.63, 3.8) is 0 Å². The van der Waals surface area contributed by atoms with Crippen molar-refractivity contribution in [2.24, 2.45) is 0 Å². The SMILES string of the molecule is COC(=O)c1cccc(S(=O)(=O)NCCc2ccc(C(F)(F)F)cc2)c1. The first-order chi connectivity index (χ1) is 12.1. The van der Waals surface area contributed by atoms with Crippen LogP contribution in [0, 0.1) is 0 Å². The summed E-state index contributed by atoms with van der Waals surface area (Å²) in [5, 5.41) is 0. The number of ether oxygens (including phenoxy) is 1. The zero-order chi connectivity index (χ0) is 19.4.